The standard InChI is InChI=1S/C30H22FN7O10S3.3Na/c1-38(18-6-3-2-4-7-18)30-34-28(31)33-29(35-30)32-17-10-11-19-16(14-17)15-24(50(43,44)45)25(26(19)39)37-36-22-13-12-20-21(27(22)51(46,47)48)8-5-9-23(20)49(40,41)42;;;/h2-15,36H,1H3,(H,40,41,42)(H,43,44,45)(H,46,47,48)(H,32,33,34,35);;;/q;3*+1/p-3/b37-25+;;;. The van der Waals surface area contributed by atoms with Crippen LogP contribution in [-0.4, -0.2) is 72.4 Å². The monoisotopic (exact) mass is 821 g/mol. The van der Waals surface area contributed by atoms with Crippen molar-refractivity contribution in [2.75, 3.05) is 22.7 Å². The van der Waals surface area contributed by atoms with Crippen LogP contribution in [0.25, 0.3) is 16.8 Å². The van der Waals surface area contributed by atoms with E-state index in [4.69, 9.17) is 0 Å². The van der Waals surface area contributed by atoms with Crippen molar-refractivity contribution in [2.24, 2.45) is 5.10 Å². The van der Waals surface area contributed by atoms with Crippen LogP contribution in [-0.2, 0) is 30.4 Å². The van der Waals surface area contributed by atoms with Gasteiger partial charge in [0.05, 0.1) is 20.4 Å². The van der Waals surface area contributed by atoms with Crippen molar-refractivity contribution in [1.29, 1.82) is 0 Å². The molecule has 6 rings (SSSR count). The number of carbonyl (C=O) groups is 1. The number of para-hydroxylation sites is 1. The predicted molar refractivity (Wildman–Crippen MR) is 177 cm³/mol. The van der Waals surface area contributed by atoms with Gasteiger partial charge in [0, 0.05) is 34.8 Å². The van der Waals surface area contributed by atoms with Crippen LogP contribution in [0.15, 0.2) is 98.7 Å². The fourth-order valence-electron chi connectivity index (χ4n) is 5.15. The number of ketones is 1. The number of nitrogens with one attached hydrogen (secondary N) is 2. The van der Waals surface area contributed by atoms with Crippen molar-refractivity contribution in [3.63, 3.8) is 0 Å². The van der Waals surface area contributed by atoms with Crippen LogP contribution in [0.5, 0.6) is 0 Å². The van der Waals surface area contributed by atoms with Crippen molar-refractivity contribution in [3.05, 3.63) is 101 Å². The first-order valence-electron chi connectivity index (χ1n) is 14.1. The van der Waals surface area contributed by atoms with E-state index in [1.54, 1.807) is 37.4 Å². The summed E-state index contributed by atoms with van der Waals surface area (Å²) in [5, 5.41) is 5.52. The largest absolute Gasteiger partial charge is 1.00 e. The summed E-state index contributed by atoms with van der Waals surface area (Å²) in [5.74, 6) is -1.42. The van der Waals surface area contributed by atoms with Crippen LogP contribution < -0.4 is 104 Å². The van der Waals surface area contributed by atoms with E-state index >= 15 is 0 Å². The van der Waals surface area contributed by atoms with Gasteiger partial charge in [0.2, 0.25) is 17.7 Å². The molecule has 0 unspecified atom stereocenters. The molecule has 0 atom stereocenters. The molecule has 24 heteroatoms. The van der Waals surface area contributed by atoms with E-state index in [0.717, 1.165) is 36.4 Å². The third-order valence-electron chi connectivity index (χ3n) is 7.38. The number of hydrogen-bond acceptors (Lipinski definition) is 17. The van der Waals surface area contributed by atoms with Crippen LogP contribution in [0.4, 0.5) is 33.3 Å². The Hall–Kier alpha value is -2.71. The van der Waals surface area contributed by atoms with E-state index in [1.165, 1.54) is 23.1 Å². The number of Topliss-reactive ketones (excluding diaryl/α,β-unsaturated/α-hetero) is 1. The van der Waals surface area contributed by atoms with Gasteiger partial charge >= 0.3 is 94.8 Å². The number of hydrogen-bond donors (Lipinski definition) is 2. The molecule has 1 aromatic heterocycles. The quantitative estimate of drug-likeness (QED) is 0.0796. The molecule has 262 valence electrons. The van der Waals surface area contributed by atoms with Crippen molar-refractivity contribution in [1.82, 2.24) is 15.0 Å². The maximum Gasteiger partial charge on any atom is 1.00 e. The van der Waals surface area contributed by atoms with E-state index in [0.29, 0.717) is 5.69 Å². The minimum atomic E-state index is -5.44. The topological polar surface area (TPSA) is 267 Å². The van der Waals surface area contributed by atoms with Crippen LogP contribution >= 0.6 is 0 Å². The summed E-state index contributed by atoms with van der Waals surface area (Å²) in [4.78, 5) is 23.5. The summed E-state index contributed by atoms with van der Waals surface area (Å²) in [6, 6.07) is 17.4. The van der Waals surface area contributed by atoms with Crippen molar-refractivity contribution >= 4 is 87.7 Å². The Kier molecular flexibility index (Phi) is 14.9. The van der Waals surface area contributed by atoms with Crippen LogP contribution in [0.2, 0.25) is 0 Å². The molecule has 1 aliphatic carbocycles. The van der Waals surface area contributed by atoms with Crippen LogP contribution in [0, 0.1) is 6.08 Å². The van der Waals surface area contributed by atoms with Gasteiger partial charge in [0.1, 0.15) is 36.1 Å². The van der Waals surface area contributed by atoms with Gasteiger partial charge in [-0.1, -0.05) is 36.4 Å². The van der Waals surface area contributed by atoms with E-state index < -0.39 is 79.1 Å². The number of benzene rings is 4. The average Bonchev–Trinajstić information content (AvgIpc) is 3.05. The molecule has 0 spiro atoms. The van der Waals surface area contributed by atoms with Gasteiger partial charge in [0.15, 0.2) is 0 Å². The fraction of sp³-hybridized carbons (Fsp3) is 0.0333. The Morgan fingerprint density at radius 3 is 2.07 bits per heavy atom. The summed E-state index contributed by atoms with van der Waals surface area (Å²) in [7, 11) is -14.4. The van der Waals surface area contributed by atoms with Crippen molar-refractivity contribution in [2.45, 2.75) is 9.79 Å². The number of allylic oxidation sites excluding steroid dienone is 1. The average molecular weight is 822 g/mol. The maximum absolute atomic E-state index is 14.4. The zero-order chi connectivity index (χ0) is 36.9. The molecule has 5 aromatic rings. The molecule has 0 aliphatic heterocycles. The Balaban J connectivity index is 0.00000261. The second-order valence-corrected chi connectivity index (χ2v) is 14.6. The molecule has 0 saturated heterocycles. The van der Waals surface area contributed by atoms with Crippen molar-refractivity contribution < 1.29 is 137 Å². The first-order valence-corrected chi connectivity index (χ1v) is 18.3. The number of carbonyl (C=O) groups excluding carboxylic acids is 1. The zero-order valence-corrected chi connectivity index (χ0v) is 37.0. The van der Waals surface area contributed by atoms with Gasteiger partial charge in [-0.15, -0.1) is 0 Å². The SMILES string of the molecule is CN(c1ccccc1)c1nc(F)nc(Nc2ccc3c(c2)C=C(S(=O)(=O)[O-])/C(=N\Nc2ccc4c(S(=O)(=O)[O-])cccc4c2S(=O)(=O)[O-])C3=O)n1.[Na+].[Na+].[Na+]. The second-order valence-electron chi connectivity index (χ2n) is 10.6. The number of aromatic nitrogens is 3. The normalized spacial score (nSPS) is 13.5. The number of anilines is 5. The summed E-state index contributed by atoms with van der Waals surface area (Å²) < 4.78 is 123. The summed E-state index contributed by atoms with van der Waals surface area (Å²) in [6.07, 6.45) is -0.300. The summed E-state index contributed by atoms with van der Waals surface area (Å²) in [6.45, 7) is 0. The zero-order valence-electron chi connectivity index (χ0n) is 28.5. The van der Waals surface area contributed by atoms with Gasteiger partial charge < -0.3 is 23.9 Å². The Morgan fingerprint density at radius 2 is 1.44 bits per heavy atom. The van der Waals surface area contributed by atoms with E-state index in [1.807, 2.05) is 0 Å². The molecule has 54 heavy (non-hydrogen) atoms. The number of fused-ring (bicyclic) bond motifs is 2. The molecule has 0 bridgehead atoms. The number of halogens is 1. The third kappa shape index (κ3) is 9.80. The summed E-state index contributed by atoms with van der Waals surface area (Å²) >= 11 is 0. The number of rotatable bonds is 9. The third-order valence-corrected chi connectivity index (χ3v) is 10.1. The molecule has 1 heterocycles. The second kappa shape index (κ2) is 17.6. The van der Waals surface area contributed by atoms with E-state index in [2.05, 4.69) is 30.8 Å². The van der Waals surface area contributed by atoms with Gasteiger partial charge in [0.25, 0.3) is 0 Å². The number of nitrogens with zero attached hydrogens (tertiary/aromatic N) is 5. The van der Waals surface area contributed by atoms with Gasteiger partial charge in [-0.3, -0.25) is 10.2 Å². The van der Waals surface area contributed by atoms with Gasteiger partial charge in [-0.2, -0.15) is 24.4 Å². The molecule has 17 nitrogen and oxygen atoms in total. The fourth-order valence-corrected chi connectivity index (χ4v) is 7.32. The predicted octanol–water partition coefficient (Wildman–Crippen LogP) is -5.95. The van der Waals surface area contributed by atoms with Crippen LogP contribution in [0.3, 0.4) is 0 Å². The Labute approximate surface area is 373 Å². The first-order chi connectivity index (χ1) is 23.9. The minimum Gasteiger partial charge on any atom is -0.744 e. The molecular formula is C30H19FN7Na3O10S3. The molecule has 2 N–H and O–H groups in total. The molecular weight excluding hydrogens is 803 g/mol. The number of hydrazone groups is 1. The van der Waals surface area contributed by atoms with Crippen molar-refractivity contribution in [3.8, 4) is 0 Å². The molecule has 4 aromatic carbocycles. The maximum atomic E-state index is 14.4. The molecule has 0 fully saturated rings. The van der Waals surface area contributed by atoms with E-state index in [9.17, 15) is 48.1 Å². The molecule has 0 saturated carbocycles. The summed E-state index contributed by atoms with van der Waals surface area (Å²) in [5.41, 5.74) is 1.04. The Morgan fingerprint density at radius 1 is 0.759 bits per heavy atom. The van der Waals surface area contributed by atoms with Crippen LogP contribution in [0.1, 0.15) is 15.9 Å². The molecule has 1 aliphatic rings. The smallest absolute Gasteiger partial charge is 0.744 e. The molecule has 0 amide bonds. The Bertz CT molecular complexity index is 2690. The first kappa shape index (κ1) is 45.7. The minimum absolute atomic E-state index is 0. The molecule has 0 radical (unpaired) electrons. The van der Waals surface area contributed by atoms with Gasteiger partial charge in [-0.05, 0) is 54.1 Å². The van der Waals surface area contributed by atoms with E-state index in [-0.39, 0.29) is 117 Å². The van der Waals surface area contributed by atoms with Gasteiger partial charge in [-0.25, -0.2) is 25.3 Å².